The summed E-state index contributed by atoms with van der Waals surface area (Å²) in [5, 5.41) is 8.68. The zero-order valence-corrected chi connectivity index (χ0v) is 10.9. The molecule has 1 aromatic carbocycles. The normalized spacial score (nSPS) is 12.7. The number of halogens is 3. The molecule has 0 radical (unpaired) electrons. The Kier molecular flexibility index (Phi) is 3.88. The van der Waals surface area contributed by atoms with Crippen LogP contribution < -0.4 is 5.68 Å². The van der Waals surface area contributed by atoms with E-state index in [1.54, 1.807) is 6.92 Å². The van der Waals surface area contributed by atoms with Gasteiger partial charge in [-0.05, 0) is 18.2 Å². The first-order chi connectivity index (χ1) is 9.81. The molecule has 0 spiro atoms. The minimum atomic E-state index is -4.49. The second-order valence-electron chi connectivity index (χ2n) is 4.15. The van der Waals surface area contributed by atoms with Crippen molar-refractivity contribution in [3.8, 4) is 5.69 Å². The number of carbonyl (C=O) groups is 1. The van der Waals surface area contributed by atoms with Crippen LogP contribution in [0.3, 0.4) is 0 Å². The van der Waals surface area contributed by atoms with Crippen LogP contribution in [-0.2, 0) is 12.6 Å². The molecule has 1 amide bonds. The maximum atomic E-state index is 12.7. The number of oxazole rings is 1. The lowest BCUT2D eigenvalue weighted by atomic mass is 10.2. The van der Waals surface area contributed by atoms with Gasteiger partial charge in [-0.25, -0.2) is 4.79 Å². The molecular weight excluding hydrogens is 289 g/mol. The number of aromatic nitrogens is 1. The summed E-state index contributed by atoms with van der Waals surface area (Å²) in [4.78, 5) is 13.9. The molecule has 5 nitrogen and oxygen atoms in total. The van der Waals surface area contributed by atoms with E-state index in [-0.39, 0.29) is 11.4 Å². The minimum absolute atomic E-state index is 0.119. The summed E-state index contributed by atoms with van der Waals surface area (Å²) in [5.41, 5.74) is -1.01. The summed E-state index contributed by atoms with van der Waals surface area (Å²) < 4.78 is 44.5. The van der Waals surface area contributed by atoms with Gasteiger partial charge in [0.05, 0.1) is 17.4 Å². The fourth-order valence-electron chi connectivity index (χ4n) is 1.73. The number of aryl methyl sites for hydroxylation is 1. The first-order valence-corrected chi connectivity index (χ1v) is 5.98. The third-order valence-corrected chi connectivity index (χ3v) is 2.69. The summed E-state index contributed by atoms with van der Waals surface area (Å²) >= 11 is 0. The van der Waals surface area contributed by atoms with Gasteiger partial charge in [0.25, 0.3) is 0 Å². The molecule has 0 atom stereocenters. The Bertz CT molecular complexity index is 729. The molecule has 0 aliphatic carbocycles. The van der Waals surface area contributed by atoms with Crippen LogP contribution in [0, 0.1) is 0 Å². The monoisotopic (exact) mass is 300 g/mol. The molecule has 2 aromatic rings. The number of nitrogens with zero attached hydrogens (tertiary/aromatic N) is 2. The number of benzene rings is 1. The predicted molar refractivity (Wildman–Crippen MR) is 66.0 cm³/mol. The Balaban J connectivity index is 2.62. The molecular formula is C13H11F3N2O3. The van der Waals surface area contributed by atoms with Gasteiger partial charge in [-0.1, -0.05) is 13.0 Å². The van der Waals surface area contributed by atoms with Crippen molar-refractivity contribution in [2.75, 3.05) is 0 Å². The van der Waals surface area contributed by atoms with Crippen LogP contribution in [0.1, 0.15) is 18.2 Å². The van der Waals surface area contributed by atoms with Crippen molar-refractivity contribution in [3.05, 3.63) is 47.5 Å². The number of hydrogen-bond donors (Lipinski definition) is 1. The van der Waals surface area contributed by atoms with Gasteiger partial charge in [-0.3, -0.25) is 4.57 Å². The summed E-state index contributed by atoms with van der Waals surface area (Å²) in [6, 6.07) is 4.47. The van der Waals surface area contributed by atoms with Crippen molar-refractivity contribution in [2.45, 2.75) is 19.5 Å². The number of rotatable bonds is 2. The summed E-state index contributed by atoms with van der Waals surface area (Å²) in [5.74, 6) is 0.410. The Morgan fingerprint density at radius 1 is 1.43 bits per heavy atom. The zero-order valence-electron chi connectivity index (χ0n) is 10.9. The first-order valence-electron chi connectivity index (χ1n) is 5.98. The molecule has 1 heterocycles. The molecule has 21 heavy (non-hydrogen) atoms. The van der Waals surface area contributed by atoms with Crippen LogP contribution in [0.4, 0.5) is 18.0 Å². The van der Waals surface area contributed by atoms with Gasteiger partial charge < -0.3 is 9.52 Å². The Morgan fingerprint density at radius 3 is 2.71 bits per heavy atom. The Labute approximate surface area is 117 Å². The average Bonchev–Trinajstić information content (AvgIpc) is 2.80. The predicted octanol–water partition coefficient (Wildman–Crippen LogP) is 3.23. The Morgan fingerprint density at radius 2 is 2.14 bits per heavy atom. The zero-order chi connectivity index (χ0) is 15.6. The fraction of sp³-hybridized carbons (Fsp3) is 0.231. The molecule has 0 aliphatic heterocycles. The van der Waals surface area contributed by atoms with Crippen LogP contribution in [0.15, 0.2) is 39.9 Å². The Hall–Kier alpha value is -2.51. The molecule has 0 bridgehead atoms. The number of alkyl halides is 3. The lowest BCUT2D eigenvalue weighted by Crippen LogP contribution is -2.16. The maximum Gasteiger partial charge on any atom is 0.435 e. The second-order valence-corrected chi connectivity index (χ2v) is 4.15. The van der Waals surface area contributed by atoms with Crippen LogP contribution in [0.2, 0.25) is 0 Å². The van der Waals surface area contributed by atoms with Crippen LogP contribution in [0.5, 0.6) is 0 Å². The van der Waals surface area contributed by atoms with Crippen molar-refractivity contribution >= 4 is 6.09 Å². The highest BCUT2D eigenvalue weighted by molar-refractivity contribution is 5.65. The third kappa shape index (κ3) is 3.33. The van der Waals surface area contributed by atoms with E-state index >= 15 is 0 Å². The molecule has 8 heteroatoms. The third-order valence-electron chi connectivity index (χ3n) is 2.69. The van der Waals surface area contributed by atoms with Crippen LogP contribution in [0.25, 0.3) is 5.69 Å². The summed E-state index contributed by atoms with van der Waals surface area (Å²) in [7, 11) is 0. The maximum absolute atomic E-state index is 12.7. The second kappa shape index (κ2) is 5.47. The molecule has 1 N–H and O–H groups in total. The molecule has 112 valence electrons. The van der Waals surface area contributed by atoms with Gasteiger partial charge in [-0.2, -0.15) is 13.2 Å². The molecule has 0 unspecified atom stereocenters. The van der Waals surface area contributed by atoms with E-state index in [0.717, 1.165) is 12.1 Å². The van der Waals surface area contributed by atoms with Crippen LogP contribution >= 0.6 is 0 Å². The molecule has 1 aromatic heterocycles. The SMILES string of the molecule is CCc1cn(-c2cccc(C(F)(F)F)c2)c(=NC(=O)O)o1. The average molecular weight is 300 g/mol. The van der Waals surface area contributed by atoms with E-state index in [1.165, 1.54) is 22.9 Å². The van der Waals surface area contributed by atoms with E-state index in [1.807, 2.05) is 0 Å². The van der Waals surface area contributed by atoms with Gasteiger partial charge in [0.1, 0.15) is 5.76 Å². The van der Waals surface area contributed by atoms with E-state index in [0.29, 0.717) is 12.2 Å². The van der Waals surface area contributed by atoms with Gasteiger partial charge in [0.2, 0.25) is 0 Å². The smallest absolute Gasteiger partial charge is 0.435 e. The van der Waals surface area contributed by atoms with Crippen LogP contribution in [-0.4, -0.2) is 15.8 Å². The van der Waals surface area contributed by atoms with E-state index in [4.69, 9.17) is 9.52 Å². The van der Waals surface area contributed by atoms with E-state index < -0.39 is 17.8 Å². The molecule has 0 saturated heterocycles. The molecule has 0 aliphatic rings. The molecule has 2 rings (SSSR count). The highest BCUT2D eigenvalue weighted by Crippen LogP contribution is 2.30. The minimum Gasteiger partial charge on any atom is -0.463 e. The lowest BCUT2D eigenvalue weighted by molar-refractivity contribution is -0.137. The topological polar surface area (TPSA) is 67.7 Å². The number of carboxylic acid groups (broad SMARTS) is 1. The molecule has 0 fully saturated rings. The van der Waals surface area contributed by atoms with Crippen molar-refractivity contribution < 1.29 is 27.5 Å². The summed E-state index contributed by atoms with van der Waals surface area (Å²) in [6.07, 6.45) is -4.11. The standard InChI is InChI=1S/C13H11F3N2O3/c1-2-10-7-18(11(21-10)17-12(19)20)9-5-3-4-8(6-9)13(14,15)16/h3-7H,2H2,1H3,(H,19,20). The van der Waals surface area contributed by atoms with Gasteiger partial charge >= 0.3 is 18.0 Å². The first kappa shape index (κ1) is 14.9. The van der Waals surface area contributed by atoms with E-state index in [9.17, 15) is 18.0 Å². The van der Waals surface area contributed by atoms with Gasteiger partial charge in [0, 0.05) is 6.42 Å². The van der Waals surface area contributed by atoms with Crippen molar-refractivity contribution in [2.24, 2.45) is 4.99 Å². The van der Waals surface area contributed by atoms with Crippen molar-refractivity contribution in [1.29, 1.82) is 0 Å². The lowest BCUT2D eigenvalue weighted by Gasteiger charge is -2.08. The largest absolute Gasteiger partial charge is 0.463 e. The number of amides is 1. The van der Waals surface area contributed by atoms with Gasteiger partial charge in [-0.15, -0.1) is 4.99 Å². The van der Waals surface area contributed by atoms with E-state index in [2.05, 4.69) is 4.99 Å². The van der Waals surface area contributed by atoms with Crippen molar-refractivity contribution in [1.82, 2.24) is 4.57 Å². The fourth-order valence-corrected chi connectivity index (χ4v) is 1.73. The molecule has 0 saturated carbocycles. The number of hydrogen-bond acceptors (Lipinski definition) is 2. The quantitative estimate of drug-likeness (QED) is 0.925. The highest BCUT2D eigenvalue weighted by atomic mass is 19.4. The summed E-state index contributed by atoms with van der Waals surface area (Å²) in [6.45, 7) is 1.76. The highest BCUT2D eigenvalue weighted by Gasteiger charge is 2.30. The van der Waals surface area contributed by atoms with Crippen molar-refractivity contribution in [3.63, 3.8) is 0 Å². The van der Waals surface area contributed by atoms with Gasteiger partial charge in [0.15, 0.2) is 0 Å².